The van der Waals surface area contributed by atoms with Crippen LogP contribution in [0.2, 0.25) is 0 Å². The molecule has 2 rings (SSSR count). The summed E-state index contributed by atoms with van der Waals surface area (Å²) >= 11 is 0. The molecule has 0 aromatic carbocycles. The molecule has 6 heteroatoms. The van der Waals surface area contributed by atoms with Crippen LogP contribution in [-0.4, -0.2) is 32.5 Å². The quantitative estimate of drug-likeness (QED) is 0.683. The number of aromatic nitrogens is 3. The number of aromatic amines is 1. The summed E-state index contributed by atoms with van der Waals surface area (Å²) in [5.41, 5.74) is 0.355. The second-order valence-electron chi connectivity index (χ2n) is 3.83. The number of hydrogen-bond donors (Lipinski definition) is 3. The Bertz CT molecular complexity index is 511. The maximum atomic E-state index is 11.7. The molecule has 0 atom stereocenters. The minimum atomic E-state index is -0.238. The van der Waals surface area contributed by atoms with Gasteiger partial charge in [-0.25, -0.2) is 4.98 Å². The zero-order valence-electron chi connectivity index (χ0n) is 9.76. The number of imidazole rings is 1. The Morgan fingerprint density at radius 1 is 1.44 bits per heavy atom. The fourth-order valence-electron chi connectivity index (χ4n) is 1.55. The normalized spacial score (nSPS) is 10.2. The number of H-pyrrole nitrogens is 1. The van der Waals surface area contributed by atoms with E-state index in [-0.39, 0.29) is 11.7 Å². The van der Waals surface area contributed by atoms with Crippen LogP contribution in [0.25, 0.3) is 0 Å². The summed E-state index contributed by atoms with van der Waals surface area (Å²) in [6.07, 6.45) is 7.75. The van der Waals surface area contributed by atoms with Gasteiger partial charge in [0.2, 0.25) is 0 Å². The molecular formula is C12H14N4O2. The SMILES string of the molecule is O=C(NCCCc1ncc[nH]1)c1cncc(O)c1. The van der Waals surface area contributed by atoms with Crippen LogP contribution < -0.4 is 5.32 Å². The molecule has 2 heterocycles. The van der Waals surface area contributed by atoms with Crippen LogP contribution in [0.4, 0.5) is 0 Å². The average Bonchev–Trinajstić information content (AvgIpc) is 2.87. The number of aryl methyl sites for hydroxylation is 1. The van der Waals surface area contributed by atoms with Gasteiger partial charge in [-0.05, 0) is 12.5 Å². The highest BCUT2D eigenvalue weighted by Gasteiger charge is 2.05. The Balaban J connectivity index is 1.75. The third-order valence-electron chi connectivity index (χ3n) is 2.42. The predicted molar refractivity (Wildman–Crippen MR) is 65.1 cm³/mol. The van der Waals surface area contributed by atoms with Crippen molar-refractivity contribution in [3.05, 3.63) is 42.2 Å². The maximum Gasteiger partial charge on any atom is 0.252 e. The first-order valence-corrected chi connectivity index (χ1v) is 5.66. The van der Waals surface area contributed by atoms with Crippen LogP contribution in [0, 0.1) is 0 Å². The lowest BCUT2D eigenvalue weighted by atomic mass is 10.2. The van der Waals surface area contributed by atoms with Crippen molar-refractivity contribution in [1.29, 1.82) is 0 Å². The molecule has 0 aliphatic rings. The van der Waals surface area contributed by atoms with Crippen molar-refractivity contribution >= 4 is 5.91 Å². The summed E-state index contributed by atoms with van der Waals surface area (Å²) in [6.45, 7) is 0.551. The molecule has 0 aliphatic carbocycles. The number of aromatic hydroxyl groups is 1. The number of hydrogen-bond acceptors (Lipinski definition) is 4. The largest absolute Gasteiger partial charge is 0.506 e. The molecule has 2 aromatic rings. The van der Waals surface area contributed by atoms with E-state index in [1.807, 2.05) is 0 Å². The summed E-state index contributed by atoms with van der Waals surface area (Å²) < 4.78 is 0. The van der Waals surface area contributed by atoms with Gasteiger partial charge >= 0.3 is 0 Å². The standard InChI is InChI=1S/C12H14N4O2/c17-10-6-9(7-13-8-10)12(18)16-3-1-2-11-14-4-5-15-11/h4-8,17H,1-3H2,(H,14,15)(H,16,18). The molecule has 0 fully saturated rings. The van der Waals surface area contributed by atoms with Crippen molar-refractivity contribution in [2.75, 3.05) is 6.54 Å². The van der Waals surface area contributed by atoms with E-state index in [1.165, 1.54) is 18.5 Å². The van der Waals surface area contributed by atoms with Gasteiger partial charge in [0, 0.05) is 31.6 Å². The lowest BCUT2D eigenvalue weighted by Crippen LogP contribution is -2.24. The van der Waals surface area contributed by atoms with Crippen LogP contribution in [0.5, 0.6) is 5.75 Å². The summed E-state index contributed by atoms with van der Waals surface area (Å²) in [6, 6.07) is 1.38. The van der Waals surface area contributed by atoms with E-state index in [4.69, 9.17) is 0 Å². The Labute approximate surface area is 104 Å². The van der Waals surface area contributed by atoms with Crippen molar-refractivity contribution in [2.24, 2.45) is 0 Å². The highest BCUT2D eigenvalue weighted by Crippen LogP contribution is 2.08. The molecule has 6 nitrogen and oxygen atoms in total. The Morgan fingerprint density at radius 3 is 3.06 bits per heavy atom. The van der Waals surface area contributed by atoms with Crippen LogP contribution in [0.15, 0.2) is 30.9 Å². The van der Waals surface area contributed by atoms with Gasteiger partial charge in [-0.1, -0.05) is 0 Å². The lowest BCUT2D eigenvalue weighted by molar-refractivity contribution is 0.0952. The minimum absolute atomic E-state index is 0.0155. The fourth-order valence-corrected chi connectivity index (χ4v) is 1.55. The Kier molecular flexibility index (Phi) is 3.90. The monoisotopic (exact) mass is 246 g/mol. The highest BCUT2D eigenvalue weighted by atomic mass is 16.3. The van der Waals surface area contributed by atoms with Crippen molar-refractivity contribution < 1.29 is 9.90 Å². The van der Waals surface area contributed by atoms with Gasteiger partial charge in [0.25, 0.3) is 5.91 Å². The molecule has 0 bridgehead atoms. The molecule has 0 unspecified atom stereocenters. The van der Waals surface area contributed by atoms with Crippen LogP contribution >= 0.6 is 0 Å². The van der Waals surface area contributed by atoms with E-state index >= 15 is 0 Å². The molecule has 0 saturated heterocycles. The van der Waals surface area contributed by atoms with Crippen LogP contribution in [-0.2, 0) is 6.42 Å². The Morgan fingerprint density at radius 2 is 2.33 bits per heavy atom. The topological polar surface area (TPSA) is 90.9 Å². The second kappa shape index (κ2) is 5.81. The van der Waals surface area contributed by atoms with Crippen LogP contribution in [0.1, 0.15) is 22.6 Å². The van der Waals surface area contributed by atoms with Crippen molar-refractivity contribution in [3.63, 3.8) is 0 Å². The number of carbonyl (C=O) groups is 1. The molecular weight excluding hydrogens is 232 g/mol. The first-order chi connectivity index (χ1) is 8.75. The summed E-state index contributed by atoms with van der Waals surface area (Å²) in [5, 5.41) is 12.0. The van der Waals surface area contributed by atoms with E-state index in [0.717, 1.165) is 18.7 Å². The van der Waals surface area contributed by atoms with Gasteiger partial charge in [0.15, 0.2) is 0 Å². The number of nitrogens with zero attached hydrogens (tertiary/aromatic N) is 2. The number of rotatable bonds is 5. The zero-order valence-corrected chi connectivity index (χ0v) is 9.76. The maximum absolute atomic E-state index is 11.7. The third kappa shape index (κ3) is 3.31. The molecule has 3 N–H and O–H groups in total. The van der Waals surface area contributed by atoms with E-state index in [0.29, 0.717) is 12.1 Å². The lowest BCUT2D eigenvalue weighted by Gasteiger charge is -2.04. The molecule has 18 heavy (non-hydrogen) atoms. The minimum Gasteiger partial charge on any atom is -0.506 e. The molecule has 2 aromatic heterocycles. The number of amides is 1. The van der Waals surface area contributed by atoms with Gasteiger partial charge in [-0.15, -0.1) is 0 Å². The van der Waals surface area contributed by atoms with E-state index in [9.17, 15) is 9.90 Å². The first-order valence-electron chi connectivity index (χ1n) is 5.66. The van der Waals surface area contributed by atoms with Gasteiger partial charge in [-0.2, -0.15) is 0 Å². The van der Waals surface area contributed by atoms with E-state index < -0.39 is 0 Å². The van der Waals surface area contributed by atoms with E-state index in [2.05, 4.69) is 20.3 Å². The molecule has 0 radical (unpaired) electrons. The molecule has 0 aliphatic heterocycles. The molecule has 0 saturated carbocycles. The molecule has 1 amide bonds. The van der Waals surface area contributed by atoms with Crippen molar-refractivity contribution in [3.8, 4) is 5.75 Å². The van der Waals surface area contributed by atoms with Gasteiger partial charge in [0.1, 0.15) is 11.6 Å². The number of nitrogens with one attached hydrogen (secondary N) is 2. The zero-order chi connectivity index (χ0) is 12.8. The predicted octanol–water partition coefficient (Wildman–Crippen LogP) is 0.873. The summed E-state index contributed by atoms with van der Waals surface area (Å²) in [4.78, 5) is 22.5. The number of carbonyl (C=O) groups excluding carboxylic acids is 1. The average molecular weight is 246 g/mol. The van der Waals surface area contributed by atoms with Gasteiger partial charge < -0.3 is 15.4 Å². The van der Waals surface area contributed by atoms with Crippen LogP contribution in [0.3, 0.4) is 0 Å². The molecule has 94 valence electrons. The smallest absolute Gasteiger partial charge is 0.252 e. The first kappa shape index (κ1) is 12.1. The Hall–Kier alpha value is -2.37. The van der Waals surface area contributed by atoms with E-state index in [1.54, 1.807) is 12.4 Å². The fraction of sp³-hybridized carbons (Fsp3) is 0.250. The highest BCUT2D eigenvalue weighted by molar-refractivity contribution is 5.94. The van der Waals surface area contributed by atoms with Gasteiger partial charge in [-0.3, -0.25) is 9.78 Å². The second-order valence-corrected chi connectivity index (χ2v) is 3.83. The van der Waals surface area contributed by atoms with Crippen molar-refractivity contribution in [2.45, 2.75) is 12.8 Å². The number of pyridine rings is 1. The third-order valence-corrected chi connectivity index (χ3v) is 2.42. The van der Waals surface area contributed by atoms with Gasteiger partial charge in [0.05, 0.1) is 11.8 Å². The summed E-state index contributed by atoms with van der Waals surface area (Å²) in [7, 11) is 0. The molecule has 0 spiro atoms. The summed E-state index contributed by atoms with van der Waals surface area (Å²) in [5.74, 6) is 0.652. The van der Waals surface area contributed by atoms with Crippen molar-refractivity contribution in [1.82, 2.24) is 20.3 Å².